The Morgan fingerprint density at radius 2 is 1.87 bits per heavy atom. The van der Waals surface area contributed by atoms with E-state index in [1.807, 2.05) is 20.8 Å². The Bertz CT molecular complexity index is 423. The van der Waals surface area contributed by atoms with Gasteiger partial charge in [0, 0.05) is 0 Å². The predicted octanol–water partition coefficient (Wildman–Crippen LogP) is 2.74. The molecule has 0 saturated carbocycles. The maximum Gasteiger partial charge on any atom is 0.148 e. The van der Waals surface area contributed by atoms with E-state index in [1.54, 1.807) is 24.4 Å². The van der Waals surface area contributed by atoms with Gasteiger partial charge >= 0.3 is 0 Å². The van der Waals surface area contributed by atoms with Gasteiger partial charge in [0.1, 0.15) is 11.5 Å². The quantitative estimate of drug-likeness (QED) is 0.719. The molecule has 0 N–H and O–H groups in total. The number of rotatable bonds is 1. The SMILES string of the molecule is CC.Cc1cn(-c2ccccc2F)nn1. The molecule has 0 aliphatic carbocycles. The summed E-state index contributed by atoms with van der Waals surface area (Å²) in [6.07, 6.45) is 1.68. The normalized spacial score (nSPS) is 9.33. The Labute approximate surface area is 88.6 Å². The molecule has 1 heterocycles. The minimum atomic E-state index is -0.299. The van der Waals surface area contributed by atoms with Crippen molar-refractivity contribution in [3.8, 4) is 5.69 Å². The van der Waals surface area contributed by atoms with Crippen molar-refractivity contribution in [3.63, 3.8) is 0 Å². The Kier molecular flexibility index (Phi) is 3.97. The second-order valence-electron chi connectivity index (χ2n) is 2.76. The minimum Gasteiger partial charge on any atom is -0.218 e. The molecule has 1 aromatic heterocycles. The van der Waals surface area contributed by atoms with Crippen LogP contribution in [0.15, 0.2) is 30.5 Å². The topological polar surface area (TPSA) is 30.7 Å². The first kappa shape index (κ1) is 11.4. The molecule has 0 aliphatic heterocycles. The van der Waals surface area contributed by atoms with E-state index in [1.165, 1.54) is 10.7 Å². The van der Waals surface area contributed by atoms with Crippen LogP contribution in [0.4, 0.5) is 4.39 Å². The number of para-hydroxylation sites is 1. The second-order valence-corrected chi connectivity index (χ2v) is 2.76. The van der Waals surface area contributed by atoms with Crippen molar-refractivity contribution in [2.75, 3.05) is 0 Å². The first-order valence-electron chi connectivity index (χ1n) is 4.91. The molecule has 0 spiro atoms. The first-order chi connectivity index (χ1) is 7.27. The zero-order valence-corrected chi connectivity index (χ0v) is 9.11. The lowest BCUT2D eigenvalue weighted by atomic mass is 10.3. The molecule has 0 aliphatic rings. The molecule has 0 amide bonds. The Hall–Kier alpha value is -1.71. The van der Waals surface area contributed by atoms with Crippen molar-refractivity contribution >= 4 is 0 Å². The molecule has 0 radical (unpaired) electrons. The highest BCUT2D eigenvalue weighted by Crippen LogP contribution is 2.10. The van der Waals surface area contributed by atoms with E-state index in [9.17, 15) is 4.39 Å². The monoisotopic (exact) mass is 207 g/mol. The number of nitrogens with zero attached hydrogens (tertiary/aromatic N) is 3. The van der Waals surface area contributed by atoms with Crippen LogP contribution in [0.2, 0.25) is 0 Å². The van der Waals surface area contributed by atoms with Gasteiger partial charge in [0.25, 0.3) is 0 Å². The smallest absolute Gasteiger partial charge is 0.148 e. The number of aryl methyl sites for hydroxylation is 1. The second kappa shape index (κ2) is 5.24. The number of halogens is 1. The van der Waals surface area contributed by atoms with E-state index in [0.29, 0.717) is 5.69 Å². The van der Waals surface area contributed by atoms with Crippen molar-refractivity contribution in [3.05, 3.63) is 42.0 Å². The molecule has 80 valence electrons. The van der Waals surface area contributed by atoms with Gasteiger partial charge in [-0.25, -0.2) is 9.07 Å². The lowest BCUT2D eigenvalue weighted by Gasteiger charge is -1.99. The summed E-state index contributed by atoms with van der Waals surface area (Å²) >= 11 is 0. The van der Waals surface area contributed by atoms with Crippen LogP contribution in [-0.4, -0.2) is 15.0 Å². The van der Waals surface area contributed by atoms with Gasteiger partial charge in [-0.2, -0.15) is 0 Å². The van der Waals surface area contributed by atoms with E-state index in [-0.39, 0.29) is 5.82 Å². The number of aromatic nitrogens is 3. The van der Waals surface area contributed by atoms with Crippen LogP contribution in [0.3, 0.4) is 0 Å². The highest BCUT2D eigenvalue weighted by molar-refractivity contribution is 5.31. The van der Waals surface area contributed by atoms with E-state index < -0.39 is 0 Å². The summed E-state index contributed by atoms with van der Waals surface area (Å²) in [6, 6.07) is 6.45. The van der Waals surface area contributed by atoms with Crippen LogP contribution in [0.25, 0.3) is 5.69 Å². The number of hydrogen-bond acceptors (Lipinski definition) is 2. The van der Waals surface area contributed by atoms with Crippen LogP contribution in [-0.2, 0) is 0 Å². The third-order valence-corrected chi connectivity index (χ3v) is 1.71. The van der Waals surface area contributed by atoms with Gasteiger partial charge in [-0.05, 0) is 19.1 Å². The number of hydrogen-bond donors (Lipinski definition) is 0. The summed E-state index contributed by atoms with van der Waals surface area (Å²) in [4.78, 5) is 0. The molecular formula is C11H14FN3. The van der Waals surface area contributed by atoms with Crippen LogP contribution in [0.1, 0.15) is 19.5 Å². The predicted molar refractivity (Wildman–Crippen MR) is 57.4 cm³/mol. The standard InChI is InChI=1S/C9H8FN3.C2H6/c1-7-6-13(12-11-7)9-5-3-2-4-8(9)10;1-2/h2-6H,1H3;1-2H3. The summed E-state index contributed by atoms with van der Waals surface area (Å²) < 4.78 is 14.6. The third kappa shape index (κ3) is 2.62. The minimum absolute atomic E-state index is 0.299. The third-order valence-electron chi connectivity index (χ3n) is 1.71. The van der Waals surface area contributed by atoms with Crippen molar-refractivity contribution in [2.45, 2.75) is 20.8 Å². The highest BCUT2D eigenvalue weighted by atomic mass is 19.1. The molecule has 0 atom stereocenters. The molecule has 3 nitrogen and oxygen atoms in total. The van der Waals surface area contributed by atoms with Gasteiger partial charge in [0.05, 0.1) is 11.9 Å². The van der Waals surface area contributed by atoms with Crippen LogP contribution in [0.5, 0.6) is 0 Å². The van der Waals surface area contributed by atoms with E-state index in [2.05, 4.69) is 10.3 Å². The molecule has 0 bridgehead atoms. The average molecular weight is 207 g/mol. The van der Waals surface area contributed by atoms with Gasteiger partial charge < -0.3 is 0 Å². The van der Waals surface area contributed by atoms with Crippen LogP contribution < -0.4 is 0 Å². The van der Waals surface area contributed by atoms with Crippen molar-refractivity contribution in [1.82, 2.24) is 15.0 Å². The first-order valence-corrected chi connectivity index (χ1v) is 4.91. The summed E-state index contributed by atoms with van der Waals surface area (Å²) in [6.45, 7) is 5.81. The average Bonchev–Trinajstić information content (AvgIpc) is 2.68. The Balaban J connectivity index is 0.000000531. The van der Waals surface area contributed by atoms with Gasteiger partial charge in [-0.3, -0.25) is 0 Å². The zero-order chi connectivity index (χ0) is 11.3. The van der Waals surface area contributed by atoms with Crippen LogP contribution >= 0.6 is 0 Å². The van der Waals surface area contributed by atoms with Gasteiger partial charge in [0.2, 0.25) is 0 Å². The van der Waals surface area contributed by atoms with Crippen molar-refractivity contribution < 1.29 is 4.39 Å². The van der Waals surface area contributed by atoms with E-state index in [4.69, 9.17) is 0 Å². The maximum atomic E-state index is 13.2. The molecule has 1 aromatic carbocycles. The molecule has 2 rings (SSSR count). The summed E-state index contributed by atoms with van der Waals surface area (Å²) in [5.74, 6) is -0.299. The highest BCUT2D eigenvalue weighted by Gasteiger charge is 2.03. The Morgan fingerprint density at radius 1 is 1.20 bits per heavy atom. The van der Waals surface area contributed by atoms with Gasteiger partial charge in [-0.15, -0.1) is 5.10 Å². The van der Waals surface area contributed by atoms with Crippen LogP contribution in [0, 0.1) is 12.7 Å². The van der Waals surface area contributed by atoms with E-state index >= 15 is 0 Å². The summed E-state index contributed by atoms with van der Waals surface area (Å²) in [7, 11) is 0. The molecule has 0 fully saturated rings. The van der Waals surface area contributed by atoms with Gasteiger partial charge in [-0.1, -0.05) is 31.2 Å². The molecule has 0 saturated heterocycles. The molecule has 4 heteroatoms. The van der Waals surface area contributed by atoms with Gasteiger partial charge in [0.15, 0.2) is 0 Å². The largest absolute Gasteiger partial charge is 0.218 e. The fourth-order valence-electron chi connectivity index (χ4n) is 1.10. The molecule has 2 aromatic rings. The summed E-state index contributed by atoms with van der Waals surface area (Å²) in [5.41, 5.74) is 1.19. The number of benzene rings is 1. The summed E-state index contributed by atoms with van der Waals surface area (Å²) in [5, 5.41) is 7.55. The lowest BCUT2D eigenvalue weighted by Crippen LogP contribution is -1.97. The van der Waals surface area contributed by atoms with Crippen molar-refractivity contribution in [2.24, 2.45) is 0 Å². The molecule has 0 unspecified atom stereocenters. The Morgan fingerprint density at radius 3 is 2.40 bits per heavy atom. The lowest BCUT2D eigenvalue weighted by molar-refractivity contribution is 0.607. The molecule has 15 heavy (non-hydrogen) atoms. The maximum absolute atomic E-state index is 13.2. The zero-order valence-electron chi connectivity index (χ0n) is 9.11. The molecular weight excluding hydrogens is 193 g/mol. The van der Waals surface area contributed by atoms with Crippen molar-refractivity contribution in [1.29, 1.82) is 0 Å². The fraction of sp³-hybridized carbons (Fsp3) is 0.273. The van der Waals surface area contributed by atoms with E-state index in [0.717, 1.165) is 5.69 Å². The fourth-order valence-corrected chi connectivity index (χ4v) is 1.10.